The fourth-order valence-corrected chi connectivity index (χ4v) is 1.87. The maximum atomic E-state index is 8.71. The van der Waals surface area contributed by atoms with E-state index in [1.165, 1.54) is 6.42 Å². The third-order valence-electron chi connectivity index (χ3n) is 2.99. The highest BCUT2D eigenvalue weighted by atomic mass is 16.5. The van der Waals surface area contributed by atoms with Gasteiger partial charge in [-0.05, 0) is 36.5 Å². The molecule has 1 rings (SSSR count). The van der Waals surface area contributed by atoms with Crippen molar-refractivity contribution in [2.24, 2.45) is 16.8 Å². The van der Waals surface area contributed by atoms with Crippen molar-refractivity contribution in [1.29, 1.82) is 0 Å². The van der Waals surface area contributed by atoms with Gasteiger partial charge in [0, 0.05) is 6.61 Å². The molecule has 112 valence electrons. The standard InChI is InChI=1S/C15H24N2O3/c1-11(2)5-4-8-20-10-12-6-7-13(15(16)17-18)14(9-12)19-3/h6-7,9,11,18H,4-5,8,10H2,1-3H3,(H2,16,17). The quantitative estimate of drug-likeness (QED) is 0.252. The molecule has 0 saturated carbocycles. The normalized spacial score (nSPS) is 11.9. The lowest BCUT2D eigenvalue weighted by Crippen LogP contribution is -2.14. The van der Waals surface area contributed by atoms with Crippen LogP contribution in [0.5, 0.6) is 5.75 Å². The number of rotatable bonds is 8. The lowest BCUT2D eigenvalue weighted by Gasteiger charge is -2.10. The number of benzene rings is 1. The van der Waals surface area contributed by atoms with Gasteiger partial charge >= 0.3 is 0 Å². The molecule has 0 heterocycles. The number of nitrogens with zero attached hydrogens (tertiary/aromatic N) is 1. The first-order valence-electron chi connectivity index (χ1n) is 6.81. The van der Waals surface area contributed by atoms with Gasteiger partial charge < -0.3 is 20.4 Å². The highest BCUT2D eigenvalue weighted by Gasteiger charge is 2.08. The Hall–Kier alpha value is -1.75. The summed E-state index contributed by atoms with van der Waals surface area (Å²) in [5.41, 5.74) is 7.15. The molecule has 5 nitrogen and oxygen atoms in total. The minimum absolute atomic E-state index is 0.0336. The molecule has 0 fully saturated rings. The SMILES string of the molecule is COc1cc(COCCCC(C)C)ccc1/C(N)=N/O. The number of oxime groups is 1. The predicted octanol–water partition coefficient (Wildman–Crippen LogP) is 2.74. The van der Waals surface area contributed by atoms with Crippen LogP contribution in [-0.4, -0.2) is 24.8 Å². The van der Waals surface area contributed by atoms with Gasteiger partial charge in [-0.2, -0.15) is 0 Å². The Bertz CT molecular complexity index is 445. The summed E-state index contributed by atoms with van der Waals surface area (Å²) in [6.07, 6.45) is 2.24. The first-order valence-corrected chi connectivity index (χ1v) is 6.81. The van der Waals surface area contributed by atoms with E-state index in [0.29, 0.717) is 23.8 Å². The molecule has 0 aliphatic heterocycles. The topological polar surface area (TPSA) is 77.1 Å². The molecule has 5 heteroatoms. The van der Waals surface area contributed by atoms with Gasteiger partial charge in [0.05, 0.1) is 19.3 Å². The minimum Gasteiger partial charge on any atom is -0.496 e. The van der Waals surface area contributed by atoms with Gasteiger partial charge in [-0.25, -0.2) is 0 Å². The summed E-state index contributed by atoms with van der Waals surface area (Å²) in [7, 11) is 1.55. The van der Waals surface area contributed by atoms with E-state index in [4.69, 9.17) is 20.4 Å². The highest BCUT2D eigenvalue weighted by molar-refractivity contribution is 5.99. The molecular formula is C15H24N2O3. The number of amidine groups is 1. The molecular weight excluding hydrogens is 256 g/mol. The van der Waals surface area contributed by atoms with Crippen LogP contribution >= 0.6 is 0 Å². The van der Waals surface area contributed by atoms with Gasteiger partial charge in [0.1, 0.15) is 5.75 Å². The van der Waals surface area contributed by atoms with E-state index >= 15 is 0 Å². The second kappa shape index (κ2) is 8.43. The second-order valence-electron chi connectivity index (χ2n) is 5.11. The first-order chi connectivity index (χ1) is 9.58. The maximum Gasteiger partial charge on any atom is 0.173 e. The van der Waals surface area contributed by atoms with Crippen molar-refractivity contribution in [2.75, 3.05) is 13.7 Å². The Morgan fingerprint density at radius 1 is 1.40 bits per heavy atom. The van der Waals surface area contributed by atoms with Crippen LogP contribution in [0.25, 0.3) is 0 Å². The van der Waals surface area contributed by atoms with Crippen molar-refractivity contribution < 1.29 is 14.7 Å². The van der Waals surface area contributed by atoms with Crippen molar-refractivity contribution in [3.63, 3.8) is 0 Å². The molecule has 0 saturated heterocycles. The number of methoxy groups -OCH3 is 1. The number of nitrogens with two attached hydrogens (primary N) is 1. The first kappa shape index (κ1) is 16.3. The predicted molar refractivity (Wildman–Crippen MR) is 79.2 cm³/mol. The van der Waals surface area contributed by atoms with Crippen LogP contribution < -0.4 is 10.5 Å². The van der Waals surface area contributed by atoms with Crippen molar-refractivity contribution in [2.45, 2.75) is 33.3 Å². The van der Waals surface area contributed by atoms with Gasteiger partial charge in [-0.3, -0.25) is 0 Å². The largest absolute Gasteiger partial charge is 0.496 e. The molecule has 0 unspecified atom stereocenters. The van der Waals surface area contributed by atoms with Crippen LogP contribution in [0.2, 0.25) is 0 Å². The second-order valence-corrected chi connectivity index (χ2v) is 5.11. The average Bonchev–Trinajstić information content (AvgIpc) is 2.45. The van der Waals surface area contributed by atoms with E-state index in [2.05, 4.69) is 19.0 Å². The zero-order valence-corrected chi connectivity index (χ0v) is 12.4. The number of ether oxygens (including phenoxy) is 2. The smallest absolute Gasteiger partial charge is 0.173 e. The summed E-state index contributed by atoms with van der Waals surface area (Å²) in [5.74, 6) is 1.31. The van der Waals surface area contributed by atoms with E-state index in [1.807, 2.05) is 12.1 Å². The molecule has 0 spiro atoms. The molecule has 0 atom stereocenters. The molecule has 0 radical (unpaired) electrons. The molecule has 1 aromatic rings. The van der Waals surface area contributed by atoms with Crippen molar-refractivity contribution in [3.8, 4) is 5.75 Å². The number of hydrogen-bond donors (Lipinski definition) is 2. The lowest BCUT2D eigenvalue weighted by atomic mass is 10.1. The summed E-state index contributed by atoms with van der Waals surface area (Å²) < 4.78 is 10.9. The average molecular weight is 280 g/mol. The molecule has 0 bridgehead atoms. The third kappa shape index (κ3) is 5.09. The molecule has 0 amide bonds. The zero-order valence-electron chi connectivity index (χ0n) is 12.4. The Labute approximate surface area is 120 Å². The maximum absolute atomic E-state index is 8.71. The van der Waals surface area contributed by atoms with Crippen LogP contribution in [-0.2, 0) is 11.3 Å². The van der Waals surface area contributed by atoms with E-state index in [-0.39, 0.29) is 5.84 Å². The summed E-state index contributed by atoms with van der Waals surface area (Å²) in [4.78, 5) is 0. The van der Waals surface area contributed by atoms with Gasteiger partial charge in [-0.1, -0.05) is 25.1 Å². The van der Waals surface area contributed by atoms with Crippen molar-refractivity contribution >= 4 is 5.84 Å². The Morgan fingerprint density at radius 2 is 2.15 bits per heavy atom. The van der Waals surface area contributed by atoms with Gasteiger partial charge in [0.25, 0.3) is 0 Å². The van der Waals surface area contributed by atoms with Crippen LogP contribution in [0.1, 0.15) is 37.8 Å². The molecule has 1 aromatic carbocycles. The van der Waals surface area contributed by atoms with Gasteiger partial charge in [0.2, 0.25) is 0 Å². The summed E-state index contributed by atoms with van der Waals surface area (Å²) in [5, 5.41) is 11.7. The van der Waals surface area contributed by atoms with Crippen LogP contribution in [0.3, 0.4) is 0 Å². The van der Waals surface area contributed by atoms with Gasteiger partial charge in [-0.15, -0.1) is 0 Å². The summed E-state index contributed by atoms with van der Waals surface area (Å²) in [6.45, 7) is 5.70. The Morgan fingerprint density at radius 3 is 2.75 bits per heavy atom. The van der Waals surface area contributed by atoms with Crippen molar-refractivity contribution in [3.05, 3.63) is 29.3 Å². The van der Waals surface area contributed by atoms with E-state index < -0.39 is 0 Å². The summed E-state index contributed by atoms with van der Waals surface area (Å²) in [6, 6.07) is 5.49. The fraction of sp³-hybridized carbons (Fsp3) is 0.533. The van der Waals surface area contributed by atoms with E-state index in [9.17, 15) is 0 Å². The lowest BCUT2D eigenvalue weighted by molar-refractivity contribution is 0.114. The molecule has 20 heavy (non-hydrogen) atoms. The number of hydrogen-bond acceptors (Lipinski definition) is 4. The Balaban J connectivity index is 2.56. The van der Waals surface area contributed by atoms with E-state index in [0.717, 1.165) is 18.6 Å². The van der Waals surface area contributed by atoms with Crippen molar-refractivity contribution in [1.82, 2.24) is 0 Å². The molecule has 0 aromatic heterocycles. The Kier molecular flexibility index (Phi) is 6.87. The summed E-state index contributed by atoms with van der Waals surface area (Å²) >= 11 is 0. The van der Waals surface area contributed by atoms with Crippen LogP contribution in [0, 0.1) is 5.92 Å². The third-order valence-corrected chi connectivity index (χ3v) is 2.99. The van der Waals surface area contributed by atoms with Gasteiger partial charge in [0.15, 0.2) is 5.84 Å². The van der Waals surface area contributed by atoms with Crippen LogP contribution in [0.4, 0.5) is 0 Å². The minimum atomic E-state index is 0.0336. The zero-order chi connectivity index (χ0) is 15.0. The fourth-order valence-electron chi connectivity index (χ4n) is 1.87. The van der Waals surface area contributed by atoms with Crippen LogP contribution in [0.15, 0.2) is 23.4 Å². The molecule has 0 aliphatic rings. The monoisotopic (exact) mass is 280 g/mol. The molecule has 3 N–H and O–H groups in total. The molecule has 0 aliphatic carbocycles. The van der Waals surface area contributed by atoms with E-state index in [1.54, 1.807) is 13.2 Å². The highest BCUT2D eigenvalue weighted by Crippen LogP contribution is 2.20.